The SMILES string of the molecule is CCCNc1nc(-c2cc(Br)c(Br)o2)nc(COC)c1I. The zero-order valence-electron chi connectivity index (χ0n) is 11.5. The molecule has 0 unspecified atom stereocenters. The molecule has 5 nitrogen and oxygen atoms in total. The van der Waals surface area contributed by atoms with E-state index in [-0.39, 0.29) is 0 Å². The maximum atomic E-state index is 5.61. The number of aromatic nitrogens is 2. The van der Waals surface area contributed by atoms with Gasteiger partial charge in [-0.25, -0.2) is 9.97 Å². The van der Waals surface area contributed by atoms with E-state index >= 15 is 0 Å². The first-order chi connectivity index (χ1) is 10.1. The lowest BCUT2D eigenvalue weighted by atomic mass is 10.3. The third kappa shape index (κ3) is 4.17. The summed E-state index contributed by atoms with van der Waals surface area (Å²) < 4.78 is 13.2. The third-order valence-corrected chi connectivity index (χ3v) is 5.45. The molecule has 114 valence electrons. The van der Waals surface area contributed by atoms with E-state index in [0.717, 1.165) is 32.5 Å². The average molecular weight is 531 g/mol. The van der Waals surface area contributed by atoms with Gasteiger partial charge in [-0.1, -0.05) is 6.92 Å². The molecule has 0 spiro atoms. The normalized spacial score (nSPS) is 10.9. The van der Waals surface area contributed by atoms with Crippen LogP contribution >= 0.6 is 54.5 Å². The number of nitrogens with one attached hydrogen (secondary N) is 1. The smallest absolute Gasteiger partial charge is 0.198 e. The van der Waals surface area contributed by atoms with Crippen molar-refractivity contribution in [3.63, 3.8) is 0 Å². The summed E-state index contributed by atoms with van der Waals surface area (Å²) in [5.74, 6) is 1.94. The Morgan fingerprint density at radius 1 is 1.38 bits per heavy atom. The highest BCUT2D eigenvalue weighted by Crippen LogP contribution is 2.32. The molecular weight excluding hydrogens is 517 g/mol. The van der Waals surface area contributed by atoms with E-state index < -0.39 is 0 Å². The van der Waals surface area contributed by atoms with Crippen LogP contribution in [0.1, 0.15) is 19.0 Å². The van der Waals surface area contributed by atoms with Crippen molar-refractivity contribution in [2.75, 3.05) is 19.0 Å². The Labute approximate surface area is 153 Å². The lowest BCUT2D eigenvalue weighted by Crippen LogP contribution is -2.09. The maximum Gasteiger partial charge on any atom is 0.198 e. The largest absolute Gasteiger partial charge is 0.445 e. The van der Waals surface area contributed by atoms with E-state index in [2.05, 4.69) is 76.7 Å². The summed E-state index contributed by atoms with van der Waals surface area (Å²) in [5, 5.41) is 3.31. The zero-order valence-corrected chi connectivity index (χ0v) is 16.9. The van der Waals surface area contributed by atoms with Gasteiger partial charge in [0.25, 0.3) is 0 Å². The Morgan fingerprint density at radius 2 is 2.14 bits per heavy atom. The van der Waals surface area contributed by atoms with Crippen LogP contribution in [-0.4, -0.2) is 23.6 Å². The topological polar surface area (TPSA) is 60.2 Å². The lowest BCUT2D eigenvalue weighted by molar-refractivity contribution is 0.181. The number of hydrogen-bond acceptors (Lipinski definition) is 5. The third-order valence-electron chi connectivity index (χ3n) is 2.61. The summed E-state index contributed by atoms with van der Waals surface area (Å²) >= 11 is 8.96. The summed E-state index contributed by atoms with van der Waals surface area (Å²) in [5.41, 5.74) is 0.838. The van der Waals surface area contributed by atoms with Crippen LogP contribution in [0.15, 0.2) is 19.6 Å². The first-order valence-electron chi connectivity index (χ1n) is 6.31. The maximum absolute atomic E-state index is 5.61. The van der Waals surface area contributed by atoms with Crippen molar-refractivity contribution in [3.05, 3.63) is 24.5 Å². The molecule has 0 aliphatic carbocycles. The van der Waals surface area contributed by atoms with Gasteiger partial charge in [0.1, 0.15) is 5.82 Å². The molecule has 0 aliphatic rings. The molecule has 2 aromatic rings. The van der Waals surface area contributed by atoms with Crippen LogP contribution in [0.25, 0.3) is 11.6 Å². The summed E-state index contributed by atoms with van der Waals surface area (Å²) in [7, 11) is 1.65. The standard InChI is InChI=1S/C13H14Br2IN3O2/c1-3-4-17-13-10(16)8(6-20-2)18-12(19-13)9-5-7(14)11(15)21-9/h5H,3-4,6H2,1-2H3,(H,17,18,19). The quantitative estimate of drug-likeness (QED) is 0.542. The molecule has 0 radical (unpaired) electrons. The van der Waals surface area contributed by atoms with Gasteiger partial charge in [-0.2, -0.15) is 0 Å². The monoisotopic (exact) mass is 529 g/mol. The second-order valence-corrected chi connectivity index (χ2v) is 6.90. The number of nitrogens with zero attached hydrogens (tertiary/aromatic N) is 2. The van der Waals surface area contributed by atoms with Gasteiger partial charge in [0.2, 0.25) is 0 Å². The minimum atomic E-state index is 0.428. The highest BCUT2D eigenvalue weighted by molar-refractivity contribution is 14.1. The van der Waals surface area contributed by atoms with Crippen LogP contribution in [0, 0.1) is 3.57 Å². The Hall–Kier alpha value is -0.190. The molecule has 0 amide bonds. The molecule has 2 aromatic heterocycles. The molecule has 2 rings (SSSR count). The first-order valence-corrected chi connectivity index (χ1v) is 8.97. The molecular formula is C13H14Br2IN3O2. The average Bonchev–Trinajstić information content (AvgIpc) is 2.80. The van der Waals surface area contributed by atoms with Crippen LogP contribution in [-0.2, 0) is 11.3 Å². The van der Waals surface area contributed by atoms with Gasteiger partial charge >= 0.3 is 0 Å². The lowest BCUT2D eigenvalue weighted by Gasteiger charge is -2.11. The molecule has 0 saturated heterocycles. The number of hydrogen-bond donors (Lipinski definition) is 1. The van der Waals surface area contributed by atoms with Crippen molar-refractivity contribution >= 4 is 60.3 Å². The Balaban J connectivity index is 2.47. The van der Waals surface area contributed by atoms with Gasteiger partial charge in [0, 0.05) is 19.7 Å². The van der Waals surface area contributed by atoms with Crippen LogP contribution < -0.4 is 5.32 Å². The summed E-state index contributed by atoms with van der Waals surface area (Å²) in [6, 6.07) is 1.84. The first kappa shape index (κ1) is 17.2. The van der Waals surface area contributed by atoms with Crippen molar-refractivity contribution in [3.8, 4) is 11.6 Å². The van der Waals surface area contributed by atoms with Crippen LogP contribution in [0.5, 0.6) is 0 Å². The number of furan rings is 1. The molecule has 2 heterocycles. The van der Waals surface area contributed by atoms with Crippen molar-refractivity contribution in [1.82, 2.24) is 9.97 Å². The Kier molecular flexibility index (Phi) is 6.45. The van der Waals surface area contributed by atoms with Crippen molar-refractivity contribution in [2.24, 2.45) is 0 Å². The van der Waals surface area contributed by atoms with Gasteiger partial charge in [-0.15, -0.1) is 0 Å². The van der Waals surface area contributed by atoms with Crippen molar-refractivity contribution in [1.29, 1.82) is 0 Å². The van der Waals surface area contributed by atoms with Crippen LogP contribution in [0.3, 0.4) is 0 Å². The summed E-state index contributed by atoms with van der Waals surface area (Å²) in [4.78, 5) is 9.09. The van der Waals surface area contributed by atoms with Crippen molar-refractivity contribution < 1.29 is 9.15 Å². The van der Waals surface area contributed by atoms with E-state index in [1.54, 1.807) is 7.11 Å². The minimum Gasteiger partial charge on any atom is -0.445 e. The van der Waals surface area contributed by atoms with Gasteiger partial charge < -0.3 is 14.5 Å². The van der Waals surface area contributed by atoms with Gasteiger partial charge in [0.05, 0.1) is 20.3 Å². The molecule has 0 saturated carbocycles. The van der Waals surface area contributed by atoms with E-state index in [0.29, 0.717) is 22.9 Å². The summed E-state index contributed by atoms with van der Waals surface area (Å²) in [6.45, 7) is 3.39. The fourth-order valence-electron chi connectivity index (χ4n) is 1.65. The Morgan fingerprint density at radius 3 is 2.71 bits per heavy atom. The van der Waals surface area contributed by atoms with Crippen molar-refractivity contribution in [2.45, 2.75) is 20.0 Å². The van der Waals surface area contributed by atoms with Gasteiger partial charge in [-0.05, 0) is 60.9 Å². The second-order valence-electron chi connectivity index (χ2n) is 4.25. The molecule has 8 heteroatoms. The van der Waals surface area contributed by atoms with E-state index in [9.17, 15) is 0 Å². The zero-order chi connectivity index (χ0) is 15.4. The Bertz CT molecular complexity index is 615. The highest BCUT2D eigenvalue weighted by atomic mass is 127. The number of rotatable bonds is 6. The minimum absolute atomic E-state index is 0.428. The predicted molar refractivity (Wildman–Crippen MR) is 97.3 cm³/mol. The molecule has 1 N–H and O–H groups in total. The van der Waals surface area contributed by atoms with Gasteiger partial charge in [0.15, 0.2) is 16.3 Å². The van der Waals surface area contributed by atoms with E-state index in [4.69, 9.17) is 9.15 Å². The number of ether oxygens (including phenoxy) is 1. The molecule has 0 fully saturated rings. The number of anilines is 1. The molecule has 0 atom stereocenters. The molecule has 0 aromatic carbocycles. The van der Waals surface area contributed by atoms with Crippen LogP contribution in [0.2, 0.25) is 0 Å². The van der Waals surface area contributed by atoms with Crippen LogP contribution in [0.4, 0.5) is 5.82 Å². The number of methoxy groups -OCH3 is 1. The fraction of sp³-hybridized carbons (Fsp3) is 0.385. The molecule has 0 aliphatic heterocycles. The van der Waals surface area contributed by atoms with Gasteiger partial charge in [-0.3, -0.25) is 0 Å². The molecule has 21 heavy (non-hydrogen) atoms. The van der Waals surface area contributed by atoms with E-state index in [1.807, 2.05) is 6.07 Å². The molecule has 0 bridgehead atoms. The highest BCUT2D eigenvalue weighted by Gasteiger charge is 2.17. The predicted octanol–water partition coefficient (Wildman–Crippen LogP) is 4.83. The second kappa shape index (κ2) is 7.89. The number of halogens is 3. The van der Waals surface area contributed by atoms with E-state index in [1.165, 1.54) is 0 Å². The summed E-state index contributed by atoms with van der Waals surface area (Å²) in [6.07, 6.45) is 1.02. The fourth-order valence-corrected chi connectivity index (χ4v) is 2.82.